The van der Waals surface area contributed by atoms with Crippen molar-refractivity contribution >= 4 is 22.6 Å². The van der Waals surface area contributed by atoms with Gasteiger partial charge in [-0.05, 0) is 75.1 Å². The highest BCUT2D eigenvalue weighted by molar-refractivity contribution is 5.97. The SMILES string of the molecule is Cc1ccc(OCCCCn2c(C3CC(=O)N(c4cc(C)ccc4C)C3)nc3ccccc32)cc1. The molecule has 0 radical (unpaired) electrons. The molecule has 0 aliphatic carbocycles. The van der Waals surface area contributed by atoms with Gasteiger partial charge >= 0.3 is 0 Å². The molecule has 1 aliphatic rings. The summed E-state index contributed by atoms with van der Waals surface area (Å²) in [6.07, 6.45) is 2.44. The topological polar surface area (TPSA) is 47.4 Å². The normalized spacial score (nSPS) is 15.8. The van der Waals surface area contributed by atoms with E-state index in [1.807, 2.05) is 23.1 Å². The van der Waals surface area contributed by atoms with Crippen LogP contribution < -0.4 is 9.64 Å². The average Bonchev–Trinajstić information content (AvgIpc) is 3.42. The summed E-state index contributed by atoms with van der Waals surface area (Å²) < 4.78 is 8.24. The molecule has 1 saturated heterocycles. The van der Waals surface area contributed by atoms with Crippen LogP contribution >= 0.6 is 0 Å². The second-order valence-electron chi connectivity index (χ2n) is 9.67. The highest BCUT2D eigenvalue weighted by atomic mass is 16.5. The largest absolute Gasteiger partial charge is 0.494 e. The third-order valence-electron chi connectivity index (χ3n) is 6.90. The van der Waals surface area contributed by atoms with Gasteiger partial charge in [0.1, 0.15) is 11.6 Å². The number of ether oxygens (including phenoxy) is 1. The van der Waals surface area contributed by atoms with E-state index in [9.17, 15) is 4.79 Å². The summed E-state index contributed by atoms with van der Waals surface area (Å²) in [4.78, 5) is 20.0. The summed E-state index contributed by atoms with van der Waals surface area (Å²) in [6.45, 7) is 8.44. The number of aryl methyl sites for hydroxylation is 4. The number of carbonyl (C=O) groups excluding carboxylic acids is 1. The number of anilines is 1. The van der Waals surface area contributed by atoms with Crippen molar-refractivity contribution in [2.45, 2.75) is 52.5 Å². The van der Waals surface area contributed by atoms with Crippen molar-refractivity contribution < 1.29 is 9.53 Å². The van der Waals surface area contributed by atoms with E-state index in [0.29, 0.717) is 19.6 Å². The fraction of sp³-hybridized carbons (Fsp3) is 0.333. The fourth-order valence-electron chi connectivity index (χ4n) is 4.96. The first-order valence-corrected chi connectivity index (χ1v) is 12.5. The molecule has 0 N–H and O–H groups in total. The number of hydrogen-bond donors (Lipinski definition) is 0. The number of unbranched alkanes of at least 4 members (excludes halogenated alkanes) is 1. The highest BCUT2D eigenvalue weighted by Crippen LogP contribution is 2.35. The minimum atomic E-state index is 0.0821. The van der Waals surface area contributed by atoms with Gasteiger partial charge in [-0.15, -0.1) is 0 Å². The first kappa shape index (κ1) is 23.2. The van der Waals surface area contributed by atoms with Crippen LogP contribution in [0.2, 0.25) is 0 Å². The maximum Gasteiger partial charge on any atom is 0.227 e. The Balaban J connectivity index is 1.31. The maximum absolute atomic E-state index is 13.1. The first-order valence-electron chi connectivity index (χ1n) is 12.5. The van der Waals surface area contributed by atoms with E-state index in [1.165, 1.54) is 11.1 Å². The standard InChI is InChI=1S/C30H33N3O2/c1-21-11-14-25(15-12-21)35-17-7-6-16-32-27-9-5-4-8-26(27)31-30(32)24-19-29(34)33(20-24)28-18-22(2)10-13-23(28)3/h4-5,8-15,18,24H,6-7,16-17,19-20H2,1-3H3. The van der Waals surface area contributed by atoms with Crippen molar-refractivity contribution in [1.29, 1.82) is 0 Å². The Morgan fingerprint density at radius 1 is 0.943 bits per heavy atom. The number of aromatic nitrogens is 2. The van der Waals surface area contributed by atoms with Crippen LogP contribution in [0.5, 0.6) is 5.75 Å². The number of rotatable bonds is 8. The number of para-hydroxylation sites is 2. The van der Waals surface area contributed by atoms with Crippen LogP contribution in [0.4, 0.5) is 5.69 Å². The van der Waals surface area contributed by atoms with Crippen molar-refractivity contribution in [1.82, 2.24) is 9.55 Å². The van der Waals surface area contributed by atoms with Crippen LogP contribution in [0.15, 0.2) is 66.7 Å². The molecule has 35 heavy (non-hydrogen) atoms. The fourth-order valence-corrected chi connectivity index (χ4v) is 4.96. The summed E-state index contributed by atoms with van der Waals surface area (Å²) in [6, 6.07) is 22.8. The Labute approximate surface area is 207 Å². The van der Waals surface area contributed by atoms with E-state index in [2.05, 4.69) is 73.9 Å². The van der Waals surface area contributed by atoms with Gasteiger partial charge in [0.25, 0.3) is 0 Å². The lowest BCUT2D eigenvalue weighted by Gasteiger charge is -2.20. The minimum Gasteiger partial charge on any atom is -0.494 e. The number of benzene rings is 3. The number of amides is 1. The second kappa shape index (κ2) is 9.95. The van der Waals surface area contributed by atoms with Gasteiger partial charge in [0.2, 0.25) is 5.91 Å². The van der Waals surface area contributed by atoms with Gasteiger partial charge in [0.05, 0.1) is 17.6 Å². The van der Waals surface area contributed by atoms with E-state index in [0.717, 1.165) is 53.2 Å². The van der Waals surface area contributed by atoms with Crippen LogP contribution in [0.1, 0.15) is 47.7 Å². The third-order valence-corrected chi connectivity index (χ3v) is 6.90. The average molecular weight is 468 g/mol. The second-order valence-corrected chi connectivity index (χ2v) is 9.67. The minimum absolute atomic E-state index is 0.0821. The summed E-state index contributed by atoms with van der Waals surface area (Å²) in [5.74, 6) is 2.19. The quantitative estimate of drug-likeness (QED) is 0.284. The lowest BCUT2D eigenvalue weighted by molar-refractivity contribution is -0.117. The van der Waals surface area contributed by atoms with Gasteiger partial charge in [-0.1, -0.05) is 42.0 Å². The van der Waals surface area contributed by atoms with E-state index in [-0.39, 0.29) is 11.8 Å². The van der Waals surface area contributed by atoms with Crippen molar-refractivity contribution in [3.05, 3.63) is 89.2 Å². The molecule has 1 atom stereocenters. The summed E-state index contributed by atoms with van der Waals surface area (Å²) in [5.41, 5.74) is 6.69. The molecule has 0 saturated carbocycles. The number of carbonyl (C=O) groups is 1. The number of nitrogens with zero attached hydrogens (tertiary/aromatic N) is 3. The van der Waals surface area contributed by atoms with Gasteiger partial charge < -0.3 is 14.2 Å². The number of imidazole rings is 1. The van der Waals surface area contributed by atoms with Crippen LogP contribution in [-0.4, -0.2) is 28.6 Å². The molecule has 3 aromatic carbocycles. The smallest absolute Gasteiger partial charge is 0.227 e. The van der Waals surface area contributed by atoms with E-state index in [1.54, 1.807) is 0 Å². The van der Waals surface area contributed by atoms with Gasteiger partial charge in [-0.25, -0.2) is 4.98 Å². The lowest BCUT2D eigenvalue weighted by atomic mass is 10.1. The summed E-state index contributed by atoms with van der Waals surface area (Å²) in [5, 5.41) is 0. The van der Waals surface area contributed by atoms with Gasteiger partial charge in [-0.2, -0.15) is 0 Å². The summed E-state index contributed by atoms with van der Waals surface area (Å²) in [7, 11) is 0. The zero-order valence-electron chi connectivity index (χ0n) is 20.8. The van der Waals surface area contributed by atoms with E-state index >= 15 is 0 Å². The Morgan fingerprint density at radius 2 is 1.71 bits per heavy atom. The third kappa shape index (κ3) is 4.95. The first-order chi connectivity index (χ1) is 17.0. The monoisotopic (exact) mass is 467 g/mol. The van der Waals surface area contributed by atoms with Crippen molar-refractivity contribution in [2.24, 2.45) is 0 Å². The van der Waals surface area contributed by atoms with E-state index in [4.69, 9.17) is 9.72 Å². The molecule has 5 heteroatoms. The molecule has 1 unspecified atom stereocenters. The maximum atomic E-state index is 13.1. The molecular weight excluding hydrogens is 434 g/mol. The number of hydrogen-bond acceptors (Lipinski definition) is 3. The lowest BCUT2D eigenvalue weighted by Crippen LogP contribution is -2.25. The van der Waals surface area contributed by atoms with Gasteiger partial charge in [0, 0.05) is 31.1 Å². The molecule has 1 fully saturated rings. The molecule has 5 rings (SSSR count). The molecule has 2 heterocycles. The zero-order chi connectivity index (χ0) is 24.4. The molecule has 4 aromatic rings. The molecule has 5 nitrogen and oxygen atoms in total. The number of fused-ring (bicyclic) bond motifs is 1. The molecule has 1 aromatic heterocycles. The predicted octanol–water partition coefficient (Wildman–Crippen LogP) is 6.34. The molecule has 1 aliphatic heterocycles. The van der Waals surface area contributed by atoms with Crippen molar-refractivity contribution in [3.63, 3.8) is 0 Å². The van der Waals surface area contributed by atoms with Crippen LogP contribution in [0, 0.1) is 20.8 Å². The Hall–Kier alpha value is -3.60. The Morgan fingerprint density at radius 3 is 2.54 bits per heavy atom. The van der Waals surface area contributed by atoms with Crippen LogP contribution in [-0.2, 0) is 11.3 Å². The Bertz CT molecular complexity index is 1340. The molecule has 0 bridgehead atoms. The van der Waals surface area contributed by atoms with Crippen molar-refractivity contribution in [3.8, 4) is 5.75 Å². The van der Waals surface area contributed by atoms with Gasteiger partial charge in [-0.3, -0.25) is 4.79 Å². The molecule has 0 spiro atoms. The van der Waals surface area contributed by atoms with Crippen LogP contribution in [0.25, 0.3) is 11.0 Å². The molecular formula is C30H33N3O2. The predicted molar refractivity (Wildman–Crippen MR) is 141 cm³/mol. The van der Waals surface area contributed by atoms with E-state index < -0.39 is 0 Å². The highest BCUT2D eigenvalue weighted by Gasteiger charge is 2.35. The van der Waals surface area contributed by atoms with Crippen LogP contribution in [0.3, 0.4) is 0 Å². The van der Waals surface area contributed by atoms with Crippen molar-refractivity contribution in [2.75, 3.05) is 18.1 Å². The molecule has 180 valence electrons. The van der Waals surface area contributed by atoms with Gasteiger partial charge in [0.15, 0.2) is 0 Å². The summed E-state index contributed by atoms with van der Waals surface area (Å²) >= 11 is 0. The zero-order valence-corrected chi connectivity index (χ0v) is 20.8. The Kier molecular flexibility index (Phi) is 6.58. The molecule has 1 amide bonds.